The van der Waals surface area contributed by atoms with E-state index < -0.39 is 0 Å². The van der Waals surface area contributed by atoms with Crippen LogP contribution in [0.25, 0.3) is 0 Å². The van der Waals surface area contributed by atoms with Crippen molar-refractivity contribution in [3.05, 3.63) is 40.8 Å². The molecule has 0 saturated heterocycles. The Morgan fingerprint density at radius 2 is 1.54 bits per heavy atom. The molecule has 0 saturated carbocycles. The molecule has 1 aromatic rings. The molecular formula is C13H19. The summed E-state index contributed by atoms with van der Waals surface area (Å²) in [6.45, 7) is 11.0. The number of benzene rings is 1. The van der Waals surface area contributed by atoms with Crippen LogP contribution in [-0.4, -0.2) is 0 Å². The van der Waals surface area contributed by atoms with Crippen LogP contribution >= 0.6 is 0 Å². The first-order valence-electron chi connectivity index (χ1n) is 4.96. The third kappa shape index (κ3) is 2.12. The quantitative estimate of drug-likeness (QED) is 0.637. The molecule has 0 fully saturated rings. The highest BCUT2D eigenvalue weighted by atomic mass is 14.1. The molecule has 0 aliphatic rings. The number of hydrogen-bond acceptors (Lipinski definition) is 0. The van der Waals surface area contributed by atoms with Crippen molar-refractivity contribution in [3.63, 3.8) is 0 Å². The number of aryl methyl sites for hydroxylation is 2. The fourth-order valence-corrected chi connectivity index (χ4v) is 1.80. The van der Waals surface area contributed by atoms with Gasteiger partial charge in [-0.3, -0.25) is 0 Å². The van der Waals surface area contributed by atoms with Gasteiger partial charge in [0.25, 0.3) is 0 Å². The van der Waals surface area contributed by atoms with E-state index in [9.17, 15) is 0 Å². The average molecular weight is 175 g/mol. The van der Waals surface area contributed by atoms with E-state index >= 15 is 0 Å². The summed E-state index contributed by atoms with van der Waals surface area (Å²) >= 11 is 0. The van der Waals surface area contributed by atoms with E-state index in [-0.39, 0.29) is 0 Å². The molecule has 1 rings (SSSR count). The Balaban J connectivity index is 3.20. The van der Waals surface area contributed by atoms with Crippen LogP contribution in [0, 0.1) is 20.3 Å². The Bertz CT molecular complexity index is 272. The molecule has 0 bridgehead atoms. The van der Waals surface area contributed by atoms with Gasteiger partial charge in [0.15, 0.2) is 0 Å². The Morgan fingerprint density at radius 3 is 1.85 bits per heavy atom. The molecule has 0 unspecified atom stereocenters. The normalized spacial score (nSPS) is 10.9. The zero-order valence-corrected chi connectivity index (χ0v) is 9.31. The zero-order chi connectivity index (χ0) is 10.0. The largest absolute Gasteiger partial charge is 0.0587 e. The molecule has 1 radical (unpaired) electrons. The van der Waals surface area contributed by atoms with Gasteiger partial charge in [-0.2, -0.15) is 0 Å². The van der Waals surface area contributed by atoms with Crippen molar-refractivity contribution in [3.8, 4) is 0 Å². The second kappa shape index (κ2) is 3.95. The Hall–Kier alpha value is -0.780. The Morgan fingerprint density at radius 1 is 1.08 bits per heavy atom. The molecule has 0 atom stereocenters. The molecule has 0 aliphatic heterocycles. The van der Waals surface area contributed by atoms with Crippen LogP contribution in [0.1, 0.15) is 48.9 Å². The highest BCUT2D eigenvalue weighted by Gasteiger charge is 2.05. The maximum absolute atomic E-state index is 2.30. The standard InChI is InChI=1S/C13H19/c1-6-13-10(4)7-12(9(2)3)8-11(13)5/h6-9H,1-5H3. The molecule has 0 N–H and O–H groups in total. The molecule has 0 amide bonds. The van der Waals surface area contributed by atoms with E-state index in [1.54, 1.807) is 0 Å². The van der Waals surface area contributed by atoms with Crippen LogP contribution in [0.4, 0.5) is 0 Å². The van der Waals surface area contributed by atoms with Crippen LogP contribution in [0.3, 0.4) is 0 Å². The van der Waals surface area contributed by atoms with Crippen molar-refractivity contribution in [1.82, 2.24) is 0 Å². The Kier molecular flexibility index (Phi) is 3.13. The van der Waals surface area contributed by atoms with Gasteiger partial charge in [0.2, 0.25) is 0 Å². The van der Waals surface area contributed by atoms with Crippen molar-refractivity contribution in [2.75, 3.05) is 0 Å². The molecule has 0 spiro atoms. The molecule has 0 aliphatic carbocycles. The van der Waals surface area contributed by atoms with E-state index in [4.69, 9.17) is 0 Å². The van der Waals surface area contributed by atoms with Gasteiger partial charge in [0.05, 0.1) is 0 Å². The second-order valence-electron chi connectivity index (χ2n) is 4.01. The van der Waals surface area contributed by atoms with Crippen molar-refractivity contribution in [2.45, 2.75) is 40.5 Å². The van der Waals surface area contributed by atoms with Gasteiger partial charge in [0.1, 0.15) is 0 Å². The van der Waals surface area contributed by atoms with E-state index in [0.717, 1.165) is 0 Å². The van der Waals surface area contributed by atoms with Crippen LogP contribution < -0.4 is 0 Å². The summed E-state index contributed by atoms with van der Waals surface area (Å²) in [6.07, 6.45) is 2.19. The van der Waals surface area contributed by atoms with Crippen molar-refractivity contribution in [1.29, 1.82) is 0 Å². The maximum Gasteiger partial charge on any atom is -0.0119 e. The number of rotatable bonds is 2. The second-order valence-corrected chi connectivity index (χ2v) is 4.01. The monoisotopic (exact) mass is 175 g/mol. The van der Waals surface area contributed by atoms with E-state index in [2.05, 4.69) is 53.2 Å². The van der Waals surface area contributed by atoms with Gasteiger partial charge in [-0.15, -0.1) is 0 Å². The molecule has 0 heteroatoms. The molecule has 0 aromatic heterocycles. The molecule has 13 heavy (non-hydrogen) atoms. The average Bonchev–Trinajstić information content (AvgIpc) is 2.03. The maximum atomic E-state index is 2.30. The smallest absolute Gasteiger partial charge is 0.0119 e. The lowest BCUT2D eigenvalue weighted by Gasteiger charge is -2.12. The summed E-state index contributed by atoms with van der Waals surface area (Å²) in [5, 5.41) is 0. The minimum absolute atomic E-state index is 0.628. The van der Waals surface area contributed by atoms with Crippen LogP contribution in [0.2, 0.25) is 0 Å². The van der Waals surface area contributed by atoms with Crippen LogP contribution in [0.5, 0.6) is 0 Å². The van der Waals surface area contributed by atoms with Gasteiger partial charge in [-0.1, -0.05) is 32.9 Å². The van der Waals surface area contributed by atoms with E-state index in [1.165, 1.54) is 22.3 Å². The van der Waals surface area contributed by atoms with Gasteiger partial charge in [-0.25, -0.2) is 0 Å². The minimum atomic E-state index is 0.628. The first kappa shape index (κ1) is 10.3. The van der Waals surface area contributed by atoms with Crippen molar-refractivity contribution >= 4 is 0 Å². The molecule has 1 aromatic carbocycles. The third-order valence-corrected chi connectivity index (χ3v) is 2.57. The summed E-state index contributed by atoms with van der Waals surface area (Å²) in [5.41, 5.74) is 5.63. The first-order valence-corrected chi connectivity index (χ1v) is 4.96. The van der Waals surface area contributed by atoms with E-state index in [1.807, 2.05) is 0 Å². The lowest BCUT2D eigenvalue weighted by molar-refractivity contribution is 0.861. The minimum Gasteiger partial charge on any atom is -0.0587 e. The van der Waals surface area contributed by atoms with Gasteiger partial charge < -0.3 is 0 Å². The predicted octanol–water partition coefficient (Wildman–Crippen LogP) is 4.00. The SMILES string of the molecule is C[CH]c1c(C)cc(C(C)C)cc1C. The molecular weight excluding hydrogens is 156 g/mol. The Labute approximate surface area is 82.0 Å². The lowest BCUT2D eigenvalue weighted by Crippen LogP contribution is -1.95. The molecule has 0 nitrogen and oxygen atoms in total. The molecule has 71 valence electrons. The first-order chi connectivity index (χ1) is 6.06. The van der Waals surface area contributed by atoms with Gasteiger partial charge >= 0.3 is 0 Å². The van der Waals surface area contributed by atoms with Crippen LogP contribution in [-0.2, 0) is 0 Å². The topological polar surface area (TPSA) is 0 Å². The fraction of sp³-hybridized carbons (Fsp3) is 0.462. The third-order valence-electron chi connectivity index (χ3n) is 2.57. The van der Waals surface area contributed by atoms with Crippen LogP contribution in [0.15, 0.2) is 12.1 Å². The van der Waals surface area contributed by atoms with Gasteiger partial charge in [0, 0.05) is 0 Å². The lowest BCUT2D eigenvalue weighted by atomic mass is 9.93. The fourth-order valence-electron chi connectivity index (χ4n) is 1.80. The zero-order valence-electron chi connectivity index (χ0n) is 9.31. The van der Waals surface area contributed by atoms with Gasteiger partial charge in [-0.05, 0) is 48.4 Å². The highest BCUT2D eigenvalue weighted by Crippen LogP contribution is 2.22. The molecule has 0 heterocycles. The summed E-state index contributed by atoms with van der Waals surface area (Å²) in [4.78, 5) is 0. The predicted molar refractivity (Wildman–Crippen MR) is 59.1 cm³/mol. The van der Waals surface area contributed by atoms with Crippen molar-refractivity contribution in [2.24, 2.45) is 0 Å². The summed E-state index contributed by atoms with van der Waals surface area (Å²) in [6, 6.07) is 4.60. The summed E-state index contributed by atoms with van der Waals surface area (Å²) < 4.78 is 0. The summed E-state index contributed by atoms with van der Waals surface area (Å²) in [7, 11) is 0. The number of hydrogen-bond donors (Lipinski definition) is 0. The summed E-state index contributed by atoms with van der Waals surface area (Å²) in [5.74, 6) is 0.628. The van der Waals surface area contributed by atoms with Crippen molar-refractivity contribution < 1.29 is 0 Å². The van der Waals surface area contributed by atoms with E-state index in [0.29, 0.717) is 5.92 Å². The highest BCUT2D eigenvalue weighted by molar-refractivity contribution is 5.42.